The fraction of sp³-hybridized carbons (Fsp3) is 0.333. The van der Waals surface area contributed by atoms with Crippen LogP contribution < -0.4 is 10.6 Å². The molecule has 2 aromatic rings. The molecule has 2 N–H and O–H groups in total. The van der Waals surface area contributed by atoms with Crippen molar-refractivity contribution in [3.63, 3.8) is 0 Å². The Hall–Kier alpha value is -3.03. The van der Waals surface area contributed by atoms with Crippen LogP contribution in [0.3, 0.4) is 0 Å². The monoisotopic (exact) mass is 445 g/mol. The number of nitrogens with zero attached hydrogens (tertiary/aromatic N) is 2. The van der Waals surface area contributed by atoms with Crippen molar-refractivity contribution in [3.8, 4) is 6.07 Å². The molecule has 0 saturated carbocycles. The number of nitriles is 1. The van der Waals surface area contributed by atoms with Gasteiger partial charge in [-0.15, -0.1) is 0 Å². The quantitative estimate of drug-likeness (QED) is 0.596. The van der Waals surface area contributed by atoms with Crippen molar-refractivity contribution in [2.75, 3.05) is 4.90 Å². The van der Waals surface area contributed by atoms with E-state index in [1.54, 1.807) is 0 Å². The Kier molecular flexibility index (Phi) is 5.43. The number of benzene rings is 2. The van der Waals surface area contributed by atoms with E-state index in [4.69, 9.17) is 17.3 Å². The smallest absolute Gasteiger partial charge is 0.162 e. The van der Waals surface area contributed by atoms with Crippen LogP contribution in [0.25, 0.3) is 0 Å². The van der Waals surface area contributed by atoms with Gasteiger partial charge in [0.25, 0.3) is 0 Å². The largest absolute Gasteiger partial charge is 0.384 e. The first-order valence-corrected chi connectivity index (χ1v) is 11.2. The van der Waals surface area contributed by atoms with Gasteiger partial charge in [-0.2, -0.15) is 5.26 Å². The van der Waals surface area contributed by atoms with Gasteiger partial charge in [-0.1, -0.05) is 55.3 Å². The summed E-state index contributed by atoms with van der Waals surface area (Å²) in [4.78, 5) is 15.5. The molecule has 1 atom stereocenters. The van der Waals surface area contributed by atoms with Gasteiger partial charge in [0.05, 0.1) is 23.2 Å². The fourth-order valence-corrected chi connectivity index (χ4v) is 5.25. The minimum atomic E-state index is -0.463. The maximum atomic E-state index is 13.6. The van der Waals surface area contributed by atoms with Crippen LogP contribution in [0.5, 0.6) is 0 Å². The predicted octanol–water partition coefficient (Wildman–Crippen LogP) is 6.21. The van der Waals surface area contributed by atoms with Gasteiger partial charge in [-0.3, -0.25) is 9.69 Å². The third-order valence-electron chi connectivity index (χ3n) is 6.60. The molecular weight excluding hydrogens is 418 g/mol. The van der Waals surface area contributed by atoms with Gasteiger partial charge < -0.3 is 5.73 Å². The first-order valence-electron chi connectivity index (χ1n) is 10.8. The van der Waals surface area contributed by atoms with Crippen molar-refractivity contribution in [1.82, 2.24) is 0 Å². The van der Waals surface area contributed by atoms with E-state index >= 15 is 0 Å². The van der Waals surface area contributed by atoms with Gasteiger partial charge in [0.1, 0.15) is 5.82 Å². The Bertz CT molecular complexity index is 1250. The van der Waals surface area contributed by atoms with Crippen molar-refractivity contribution in [2.24, 2.45) is 11.1 Å². The molecule has 1 aliphatic heterocycles. The van der Waals surface area contributed by atoms with Crippen molar-refractivity contribution in [1.29, 1.82) is 5.26 Å². The molecular formula is C27H28ClN3O. The van der Waals surface area contributed by atoms with E-state index in [1.807, 2.05) is 56.0 Å². The molecule has 32 heavy (non-hydrogen) atoms. The molecule has 0 radical (unpaired) electrons. The summed E-state index contributed by atoms with van der Waals surface area (Å²) in [6, 6.07) is 14.1. The number of carbonyl (C=O) groups is 1. The number of carbonyl (C=O) groups excluding carboxylic acids is 1. The Labute approximate surface area is 195 Å². The molecule has 1 aliphatic carbocycles. The molecule has 0 aromatic heterocycles. The van der Waals surface area contributed by atoms with Gasteiger partial charge in [0.15, 0.2) is 5.78 Å². The molecule has 0 spiro atoms. The number of anilines is 1. The Balaban J connectivity index is 2.06. The summed E-state index contributed by atoms with van der Waals surface area (Å²) in [5, 5.41) is 10.9. The van der Waals surface area contributed by atoms with E-state index in [-0.39, 0.29) is 11.2 Å². The highest BCUT2D eigenvalue weighted by Gasteiger charge is 2.45. The number of halogens is 1. The highest BCUT2D eigenvalue weighted by Crippen LogP contribution is 2.51. The van der Waals surface area contributed by atoms with Crippen LogP contribution in [-0.4, -0.2) is 5.78 Å². The van der Waals surface area contributed by atoms with Crippen molar-refractivity contribution >= 4 is 23.1 Å². The second-order valence-corrected chi connectivity index (χ2v) is 10.1. The lowest BCUT2D eigenvalue weighted by Crippen LogP contribution is -2.42. The van der Waals surface area contributed by atoms with Gasteiger partial charge in [0.2, 0.25) is 0 Å². The number of ketones is 1. The van der Waals surface area contributed by atoms with Gasteiger partial charge in [-0.05, 0) is 61.4 Å². The normalized spacial score (nSPS) is 20.3. The summed E-state index contributed by atoms with van der Waals surface area (Å²) in [7, 11) is 0. The van der Waals surface area contributed by atoms with E-state index < -0.39 is 5.92 Å². The minimum Gasteiger partial charge on any atom is -0.384 e. The minimum absolute atomic E-state index is 0.0751. The van der Waals surface area contributed by atoms with Crippen LogP contribution in [-0.2, 0) is 4.79 Å². The van der Waals surface area contributed by atoms with E-state index in [9.17, 15) is 10.1 Å². The third-order valence-corrected chi connectivity index (χ3v) is 7.01. The number of hydrogen-bond acceptors (Lipinski definition) is 4. The summed E-state index contributed by atoms with van der Waals surface area (Å²) >= 11 is 6.44. The summed E-state index contributed by atoms with van der Waals surface area (Å²) in [6.07, 6.45) is 1.12. The van der Waals surface area contributed by atoms with Crippen LogP contribution in [0.2, 0.25) is 5.02 Å². The van der Waals surface area contributed by atoms with Gasteiger partial charge in [-0.25, -0.2) is 0 Å². The molecule has 4 nitrogen and oxygen atoms in total. The van der Waals surface area contributed by atoms with Crippen LogP contribution in [0.15, 0.2) is 59.1 Å². The van der Waals surface area contributed by atoms with Crippen molar-refractivity contribution in [3.05, 3.63) is 86.3 Å². The molecule has 1 unspecified atom stereocenters. The van der Waals surface area contributed by atoms with Crippen LogP contribution in [0.4, 0.5) is 5.69 Å². The number of rotatable bonds is 2. The SMILES string of the molecule is Cc1ccc(C2C(C#N)=C(N)N(c3cccc(Cl)c3C)C3=C2C(=O)CC(C)(C)C3)c(C)c1. The zero-order chi connectivity index (χ0) is 23.4. The Morgan fingerprint density at radius 1 is 1.16 bits per heavy atom. The summed E-state index contributed by atoms with van der Waals surface area (Å²) in [6.45, 7) is 10.2. The molecule has 2 aromatic carbocycles. The topological polar surface area (TPSA) is 70.1 Å². The lowest BCUT2D eigenvalue weighted by molar-refractivity contribution is -0.118. The fourth-order valence-electron chi connectivity index (χ4n) is 5.08. The molecule has 5 heteroatoms. The lowest BCUT2D eigenvalue weighted by Gasteiger charge is -2.44. The zero-order valence-corrected chi connectivity index (χ0v) is 20.0. The molecule has 4 rings (SSSR count). The molecule has 0 fully saturated rings. The molecule has 0 amide bonds. The molecule has 164 valence electrons. The number of nitrogens with two attached hydrogens (primary N) is 1. The zero-order valence-electron chi connectivity index (χ0n) is 19.2. The summed E-state index contributed by atoms with van der Waals surface area (Å²) in [5.41, 5.74) is 13.3. The predicted molar refractivity (Wildman–Crippen MR) is 129 cm³/mol. The number of hydrogen-bond donors (Lipinski definition) is 1. The first kappa shape index (κ1) is 22.2. The van der Waals surface area contributed by atoms with E-state index in [2.05, 4.69) is 26.0 Å². The van der Waals surface area contributed by atoms with Crippen LogP contribution >= 0.6 is 11.6 Å². The third kappa shape index (κ3) is 3.51. The summed E-state index contributed by atoms with van der Waals surface area (Å²) < 4.78 is 0. The van der Waals surface area contributed by atoms with E-state index in [0.717, 1.165) is 33.6 Å². The summed E-state index contributed by atoms with van der Waals surface area (Å²) in [5.74, 6) is -0.0202. The van der Waals surface area contributed by atoms with Gasteiger partial charge in [0, 0.05) is 22.7 Å². The second-order valence-electron chi connectivity index (χ2n) is 9.72. The molecule has 1 heterocycles. The first-order chi connectivity index (χ1) is 15.1. The Morgan fingerprint density at radius 2 is 1.88 bits per heavy atom. The standard InChI is InChI=1S/C27H28ClN3O/c1-15-9-10-18(16(2)11-15)24-19(14-29)26(30)31(21-8-6-7-20(28)17(21)3)22-12-27(4,5)13-23(32)25(22)24/h6-11,24H,12-13,30H2,1-5H3. The average Bonchev–Trinajstić information content (AvgIpc) is 2.69. The average molecular weight is 446 g/mol. The van der Waals surface area contributed by atoms with E-state index in [1.165, 1.54) is 0 Å². The van der Waals surface area contributed by atoms with Gasteiger partial charge >= 0.3 is 0 Å². The highest BCUT2D eigenvalue weighted by molar-refractivity contribution is 6.31. The maximum absolute atomic E-state index is 13.6. The molecule has 0 saturated heterocycles. The lowest BCUT2D eigenvalue weighted by atomic mass is 9.68. The van der Waals surface area contributed by atoms with E-state index in [0.29, 0.717) is 34.8 Å². The maximum Gasteiger partial charge on any atom is 0.162 e. The number of Topliss-reactive ketones (excluding diaryl/α,β-unsaturated/α-hetero) is 1. The van der Waals surface area contributed by atoms with Crippen molar-refractivity contribution in [2.45, 2.75) is 53.4 Å². The van der Waals surface area contributed by atoms with Crippen molar-refractivity contribution < 1.29 is 4.79 Å². The number of allylic oxidation sites excluding steroid dienone is 3. The van der Waals surface area contributed by atoms with Crippen LogP contribution in [0, 0.1) is 37.5 Å². The highest BCUT2D eigenvalue weighted by atomic mass is 35.5. The second kappa shape index (κ2) is 7.83. The number of aryl methyl sites for hydroxylation is 2. The molecule has 2 aliphatic rings. The molecule has 0 bridgehead atoms. The Morgan fingerprint density at radius 3 is 2.53 bits per heavy atom. The van der Waals surface area contributed by atoms with Crippen LogP contribution in [0.1, 0.15) is 54.9 Å².